The lowest BCUT2D eigenvalue weighted by Gasteiger charge is -2.37. The zero-order valence-corrected chi connectivity index (χ0v) is 12.5. The molecule has 0 N–H and O–H groups in total. The SMILES string of the molecule is CCOC(=O)[C@H]1CC(C)=CCN1[C@@H](C)c1ccccc1. The summed E-state index contributed by atoms with van der Waals surface area (Å²) in [5.74, 6) is -0.109. The van der Waals surface area contributed by atoms with Gasteiger partial charge >= 0.3 is 5.97 Å². The number of hydrogen-bond acceptors (Lipinski definition) is 3. The summed E-state index contributed by atoms with van der Waals surface area (Å²) in [7, 11) is 0. The number of ether oxygens (including phenoxy) is 1. The molecule has 108 valence electrons. The highest BCUT2D eigenvalue weighted by Crippen LogP contribution is 2.28. The predicted molar refractivity (Wildman–Crippen MR) is 80.4 cm³/mol. The maximum Gasteiger partial charge on any atom is 0.323 e. The van der Waals surface area contributed by atoms with Gasteiger partial charge in [0.2, 0.25) is 0 Å². The van der Waals surface area contributed by atoms with Crippen molar-refractivity contribution >= 4 is 5.97 Å². The Hall–Kier alpha value is -1.61. The molecule has 0 fully saturated rings. The van der Waals surface area contributed by atoms with Gasteiger partial charge in [-0.05, 0) is 32.8 Å². The van der Waals surface area contributed by atoms with Crippen LogP contribution in [0.15, 0.2) is 42.0 Å². The third-order valence-electron chi connectivity index (χ3n) is 3.90. The molecule has 1 aromatic carbocycles. The summed E-state index contributed by atoms with van der Waals surface area (Å²) in [5, 5.41) is 0. The molecule has 1 aromatic rings. The highest BCUT2D eigenvalue weighted by atomic mass is 16.5. The van der Waals surface area contributed by atoms with Gasteiger partial charge in [0.1, 0.15) is 6.04 Å². The molecule has 1 aliphatic heterocycles. The predicted octanol–water partition coefficient (Wildman–Crippen LogP) is 3.33. The van der Waals surface area contributed by atoms with E-state index in [1.807, 2.05) is 25.1 Å². The smallest absolute Gasteiger partial charge is 0.323 e. The standard InChI is InChI=1S/C17H23NO2/c1-4-20-17(19)16-12-13(2)10-11-18(16)14(3)15-8-6-5-7-9-15/h5-10,14,16H,4,11-12H2,1-3H3/t14-,16+/m0/s1. The van der Waals surface area contributed by atoms with Gasteiger partial charge < -0.3 is 4.74 Å². The van der Waals surface area contributed by atoms with Crippen molar-refractivity contribution < 1.29 is 9.53 Å². The molecule has 0 aromatic heterocycles. The minimum Gasteiger partial charge on any atom is -0.465 e. The van der Waals surface area contributed by atoms with Crippen molar-refractivity contribution in [1.29, 1.82) is 0 Å². The Kier molecular flexibility index (Phi) is 4.96. The fourth-order valence-electron chi connectivity index (χ4n) is 2.70. The molecule has 0 aliphatic carbocycles. The number of carbonyl (C=O) groups excluding carboxylic acids is 1. The van der Waals surface area contributed by atoms with Crippen LogP contribution in [0.2, 0.25) is 0 Å². The van der Waals surface area contributed by atoms with Crippen molar-refractivity contribution in [3.63, 3.8) is 0 Å². The van der Waals surface area contributed by atoms with Crippen LogP contribution in [-0.4, -0.2) is 30.1 Å². The first-order chi connectivity index (χ1) is 9.63. The molecular formula is C17H23NO2. The first-order valence-corrected chi connectivity index (χ1v) is 7.26. The average Bonchev–Trinajstić information content (AvgIpc) is 2.47. The minimum atomic E-state index is -0.171. The molecule has 2 rings (SSSR count). The molecule has 0 unspecified atom stereocenters. The van der Waals surface area contributed by atoms with Gasteiger partial charge in [0.15, 0.2) is 0 Å². The van der Waals surface area contributed by atoms with E-state index < -0.39 is 0 Å². The number of hydrogen-bond donors (Lipinski definition) is 0. The maximum absolute atomic E-state index is 12.2. The zero-order valence-electron chi connectivity index (χ0n) is 12.5. The van der Waals surface area contributed by atoms with Crippen molar-refractivity contribution in [2.45, 2.75) is 39.3 Å². The average molecular weight is 273 g/mol. The number of rotatable bonds is 4. The molecule has 2 atom stereocenters. The zero-order chi connectivity index (χ0) is 14.5. The minimum absolute atomic E-state index is 0.109. The second-order valence-corrected chi connectivity index (χ2v) is 5.31. The molecule has 3 nitrogen and oxygen atoms in total. The Labute approximate surface area is 121 Å². The number of carbonyl (C=O) groups is 1. The van der Waals surface area contributed by atoms with E-state index in [1.54, 1.807) is 0 Å². The molecular weight excluding hydrogens is 250 g/mol. The highest BCUT2D eigenvalue weighted by Gasteiger charge is 2.33. The third-order valence-corrected chi connectivity index (χ3v) is 3.90. The summed E-state index contributed by atoms with van der Waals surface area (Å²) in [6.07, 6.45) is 2.96. The van der Waals surface area contributed by atoms with Gasteiger partial charge in [-0.2, -0.15) is 0 Å². The van der Waals surface area contributed by atoms with Gasteiger partial charge in [-0.15, -0.1) is 0 Å². The first kappa shape index (κ1) is 14.8. The van der Waals surface area contributed by atoms with E-state index in [4.69, 9.17) is 4.74 Å². The van der Waals surface area contributed by atoms with Gasteiger partial charge in [0.05, 0.1) is 6.61 Å². The molecule has 0 saturated heterocycles. The van der Waals surface area contributed by atoms with Gasteiger partial charge in [-0.25, -0.2) is 0 Å². The van der Waals surface area contributed by atoms with Crippen molar-refractivity contribution in [1.82, 2.24) is 4.90 Å². The van der Waals surface area contributed by atoms with Gasteiger partial charge in [0.25, 0.3) is 0 Å². The molecule has 0 spiro atoms. The summed E-state index contributed by atoms with van der Waals surface area (Å²) in [6, 6.07) is 10.3. The van der Waals surface area contributed by atoms with E-state index in [-0.39, 0.29) is 18.1 Å². The van der Waals surface area contributed by atoms with Crippen molar-refractivity contribution in [2.24, 2.45) is 0 Å². The summed E-state index contributed by atoms with van der Waals surface area (Å²) in [4.78, 5) is 14.4. The van der Waals surface area contributed by atoms with Gasteiger partial charge in [-0.1, -0.05) is 42.0 Å². The summed E-state index contributed by atoms with van der Waals surface area (Å²) in [5.41, 5.74) is 2.49. The Balaban J connectivity index is 2.20. The van der Waals surface area contributed by atoms with E-state index in [0.29, 0.717) is 6.61 Å². The first-order valence-electron chi connectivity index (χ1n) is 7.26. The summed E-state index contributed by atoms with van der Waals surface area (Å²) in [6.45, 7) is 7.32. The largest absolute Gasteiger partial charge is 0.465 e. The Morgan fingerprint density at radius 1 is 1.40 bits per heavy atom. The Bertz CT molecular complexity index is 481. The molecule has 20 heavy (non-hydrogen) atoms. The van der Waals surface area contributed by atoms with Crippen LogP contribution in [0.25, 0.3) is 0 Å². The Morgan fingerprint density at radius 3 is 2.75 bits per heavy atom. The van der Waals surface area contributed by atoms with Crippen molar-refractivity contribution in [3.05, 3.63) is 47.5 Å². The van der Waals surface area contributed by atoms with E-state index in [1.165, 1.54) is 11.1 Å². The maximum atomic E-state index is 12.2. The van der Waals surface area contributed by atoms with E-state index in [2.05, 4.69) is 37.0 Å². The summed E-state index contributed by atoms with van der Waals surface area (Å²) >= 11 is 0. The molecule has 1 heterocycles. The monoisotopic (exact) mass is 273 g/mol. The quantitative estimate of drug-likeness (QED) is 0.622. The lowest BCUT2D eigenvalue weighted by atomic mass is 9.97. The van der Waals surface area contributed by atoms with Crippen LogP contribution >= 0.6 is 0 Å². The highest BCUT2D eigenvalue weighted by molar-refractivity contribution is 5.76. The number of nitrogens with zero attached hydrogens (tertiary/aromatic N) is 1. The van der Waals surface area contributed by atoms with Crippen LogP contribution in [-0.2, 0) is 9.53 Å². The molecule has 0 bridgehead atoms. The lowest BCUT2D eigenvalue weighted by Crippen LogP contribution is -2.45. The molecule has 0 radical (unpaired) electrons. The van der Waals surface area contributed by atoms with E-state index in [0.717, 1.165) is 13.0 Å². The van der Waals surface area contributed by atoms with Crippen LogP contribution in [0.3, 0.4) is 0 Å². The van der Waals surface area contributed by atoms with Crippen LogP contribution in [0, 0.1) is 0 Å². The van der Waals surface area contributed by atoms with Crippen molar-refractivity contribution in [2.75, 3.05) is 13.2 Å². The van der Waals surface area contributed by atoms with Gasteiger partial charge in [-0.3, -0.25) is 9.69 Å². The normalized spacial score (nSPS) is 21.1. The topological polar surface area (TPSA) is 29.5 Å². The van der Waals surface area contributed by atoms with Gasteiger partial charge in [0, 0.05) is 12.6 Å². The molecule has 0 saturated carbocycles. The van der Waals surface area contributed by atoms with Crippen LogP contribution in [0.5, 0.6) is 0 Å². The van der Waals surface area contributed by atoms with Crippen LogP contribution in [0.1, 0.15) is 38.8 Å². The Morgan fingerprint density at radius 2 is 2.10 bits per heavy atom. The van der Waals surface area contributed by atoms with E-state index >= 15 is 0 Å². The number of benzene rings is 1. The van der Waals surface area contributed by atoms with Crippen LogP contribution < -0.4 is 0 Å². The second kappa shape index (κ2) is 6.71. The van der Waals surface area contributed by atoms with Crippen molar-refractivity contribution in [3.8, 4) is 0 Å². The second-order valence-electron chi connectivity index (χ2n) is 5.31. The summed E-state index contributed by atoms with van der Waals surface area (Å²) < 4.78 is 5.24. The number of esters is 1. The lowest BCUT2D eigenvalue weighted by molar-refractivity contribution is -0.150. The third kappa shape index (κ3) is 3.28. The van der Waals surface area contributed by atoms with E-state index in [9.17, 15) is 4.79 Å². The van der Waals surface area contributed by atoms with Crippen LogP contribution in [0.4, 0.5) is 0 Å². The fourth-order valence-corrected chi connectivity index (χ4v) is 2.70. The molecule has 3 heteroatoms. The fraction of sp³-hybridized carbons (Fsp3) is 0.471. The molecule has 1 aliphatic rings. The molecule has 0 amide bonds.